The number of halogens is 2. The van der Waals surface area contributed by atoms with Crippen LogP contribution in [-0.4, -0.2) is 21.9 Å². The normalized spacial score (nSPS) is 11.0. The van der Waals surface area contributed by atoms with Gasteiger partial charge in [0, 0.05) is 18.3 Å². The summed E-state index contributed by atoms with van der Waals surface area (Å²) in [5.41, 5.74) is 7.36. The number of nitrogens with zero attached hydrogens (tertiary/aromatic N) is 3. The largest absolute Gasteiger partial charge is 0.497 e. The van der Waals surface area contributed by atoms with Crippen LogP contribution in [0.4, 0.5) is 14.5 Å². The molecule has 148 valence electrons. The Morgan fingerprint density at radius 3 is 2.52 bits per heavy atom. The highest BCUT2D eigenvalue weighted by molar-refractivity contribution is 5.85. The summed E-state index contributed by atoms with van der Waals surface area (Å²) < 4.78 is 40.5. The number of methoxy groups -OCH3 is 1. The van der Waals surface area contributed by atoms with E-state index in [9.17, 15) is 8.78 Å². The van der Waals surface area contributed by atoms with Crippen molar-refractivity contribution < 1.29 is 18.3 Å². The van der Waals surface area contributed by atoms with Crippen LogP contribution in [0.1, 0.15) is 11.3 Å². The van der Waals surface area contributed by atoms with Gasteiger partial charge >= 0.3 is 0 Å². The van der Waals surface area contributed by atoms with E-state index in [-0.39, 0.29) is 11.4 Å². The molecule has 0 amide bonds. The zero-order chi connectivity index (χ0) is 20.5. The van der Waals surface area contributed by atoms with Crippen molar-refractivity contribution >= 4 is 16.7 Å². The summed E-state index contributed by atoms with van der Waals surface area (Å²) in [6.07, 6.45) is 1.54. The Labute approximate surface area is 165 Å². The number of fused-ring (bicyclic) bond motifs is 1. The smallest absolute Gasteiger partial charge is 0.167 e. The van der Waals surface area contributed by atoms with E-state index in [1.54, 1.807) is 24.8 Å². The van der Waals surface area contributed by atoms with Crippen molar-refractivity contribution in [1.82, 2.24) is 14.8 Å². The lowest BCUT2D eigenvalue weighted by atomic mass is 10.2. The minimum absolute atomic E-state index is 0.258. The Balaban J connectivity index is 1.71. The van der Waals surface area contributed by atoms with Gasteiger partial charge in [0.05, 0.1) is 30.4 Å². The van der Waals surface area contributed by atoms with Crippen molar-refractivity contribution in [3.63, 3.8) is 0 Å². The Morgan fingerprint density at radius 1 is 1.03 bits per heavy atom. The summed E-state index contributed by atoms with van der Waals surface area (Å²) in [4.78, 5) is 4.40. The van der Waals surface area contributed by atoms with E-state index in [2.05, 4.69) is 10.1 Å². The van der Waals surface area contributed by atoms with Crippen LogP contribution in [0.25, 0.3) is 11.0 Å². The lowest BCUT2D eigenvalue weighted by molar-refractivity contribution is 0.414. The van der Waals surface area contributed by atoms with Gasteiger partial charge in [0.25, 0.3) is 0 Å². The van der Waals surface area contributed by atoms with Crippen LogP contribution in [0.15, 0.2) is 48.7 Å². The molecule has 0 aliphatic carbocycles. The molecule has 0 saturated heterocycles. The van der Waals surface area contributed by atoms with Crippen molar-refractivity contribution in [3.05, 3.63) is 71.6 Å². The number of aromatic nitrogens is 3. The fourth-order valence-electron chi connectivity index (χ4n) is 3.09. The molecule has 0 unspecified atom stereocenters. The van der Waals surface area contributed by atoms with Crippen LogP contribution in [0.5, 0.6) is 17.2 Å². The number of rotatable bonds is 5. The monoisotopic (exact) mass is 396 g/mol. The second kappa shape index (κ2) is 7.38. The van der Waals surface area contributed by atoms with E-state index >= 15 is 0 Å². The van der Waals surface area contributed by atoms with Crippen molar-refractivity contribution in [2.75, 3.05) is 12.8 Å². The number of anilines is 1. The third-order valence-electron chi connectivity index (χ3n) is 4.53. The van der Waals surface area contributed by atoms with E-state index in [4.69, 9.17) is 15.2 Å². The Kier molecular flexibility index (Phi) is 4.75. The second-order valence-corrected chi connectivity index (χ2v) is 6.51. The summed E-state index contributed by atoms with van der Waals surface area (Å²) >= 11 is 0. The predicted octanol–water partition coefficient (Wildman–Crippen LogP) is 4.45. The number of ether oxygens (including phenoxy) is 2. The van der Waals surface area contributed by atoms with E-state index < -0.39 is 11.6 Å². The zero-order valence-corrected chi connectivity index (χ0v) is 15.8. The first-order valence-corrected chi connectivity index (χ1v) is 8.83. The maximum atomic E-state index is 14.2. The average Bonchev–Trinajstić information content (AvgIpc) is 3.03. The van der Waals surface area contributed by atoms with E-state index in [0.29, 0.717) is 29.0 Å². The molecule has 0 atom stereocenters. The lowest BCUT2D eigenvalue weighted by Gasteiger charge is -2.09. The molecular weight excluding hydrogens is 378 g/mol. The molecule has 0 radical (unpaired) electrons. The van der Waals surface area contributed by atoms with Crippen LogP contribution in [0.2, 0.25) is 0 Å². The number of nitrogen functional groups attached to an aromatic ring is 1. The molecule has 0 saturated carbocycles. The first kappa shape index (κ1) is 18.7. The Hall–Kier alpha value is -3.68. The van der Waals surface area contributed by atoms with Crippen LogP contribution in [0.3, 0.4) is 0 Å². The molecule has 2 heterocycles. The molecule has 0 spiro atoms. The molecule has 4 rings (SSSR count). The number of aryl methyl sites for hydroxylation is 1. The SMILES string of the molecule is COc1ccc(Cn2nc(C)c3c(Oc4cc(F)c(N)cc4F)ccnc32)cc1. The molecule has 0 fully saturated rings. The second-order valence-electron chi connectivity index (χ2n) is 6.51. The highest BCUT2D eigenvalue weighted by Gasteiger charge is 2.17. The molecule has 0 bridgehead atoms. The third kappa shape index (κ3) is 3.56. The predicted molar refractivity (Wildman–Crippen MR) is 105 cm³/mol. The number of hydrogen-bond acceptors (Lipinski definition) is 5. The minimum atomic E-state index is -0.753. The number of benzene rings is 2. The minimum Gasteiger partial charge on any atom is -0.497 e. The fourth-order valence-corrected chi connectivity index (χ4v) is 3.09. The average molecular weight is 396 g/mol. The van der Waals surface area contributed by atoms with Gasteiger partial charge in [-0.2, -0.15) is 5.10 Å². The highest BCUT2D eigenvalue weighted by atomic mass is 19.1. The van der Waals surface area contributed by atoms with Gasteiger partial charge in [-0.1, -0.05) is 12.1 Å². The van der Waals surface area contributed by atoms with E-state index in [0.717, 1.165) is 23.4 Å². The standard InChI is InChI=1S/C21H18F2N4O2/c1-12-20-18(29-19-10-15(22)17(24)9-16(19)23)7-8-25-21(20)27(26-12)11-13-3-5-14(28-2)6-4-13/h3-10H,11,24H2,1-2H3. The summed E-state index contributed by atoms with van der Waals surface area (Å²) in [5, 5.41) is 5.16. The number of pyridine rings is 1. The zero-order valence-electron chi connectivity index (χ0n) is 15.8. The molecule has 4 aromatic rings. The topological polar surface area (TPSA) is 75.2 Å². The van der Waals surface area contributed by atoms with Crippen LogP contribution in [0, 0.1) is 18.6 Å². The van der Waals surface area contributed by atoms with Gasteiger partial charge in [-0.25, -0.2) is 18.4 Å². The fraction of sp³-hybridized carbons (Fsp3) is 0.143. The highest BCUT2D eigenvalue weighted by Crippen LogP contribution is 2.33. The van der Waals surface area contributed by atoms with Crippen molar-refractivity contribution in [2.24, 2.45) is 0 Å². The maximum absolute atomic E-state index is 14.2. The van der Waals surface area contributed by atoms with E-state index in [1.165, 1.54) is 6.20 Å². The van der Waals surface area contributed by atoms with Crippen molar-refractivity contribution in [1.29, 1.82) is 0 Å². The van der Waals surface area contributed by atoms with Gasteiger partial charge in [-0.15, -0.1) is 0 Å². The Morgan fingerprint density at radius 2 is 1.79 bits per heavy atom. The summed E-state index contributed by atoms with van der Waals surface area (Å²) in [5.74, 6) is -0.666. The Bertz CT molecular complexity index is 1190. The van der Waals surface area contributed by atoms with Gasteiger partial charge in [0.15, 0.2) is 17.2 Å². The van der Waals surface area contributed by atoms with E-state index in [1.807, 2.05) is 24.3 Å². The number of hydrogen-bond donors (Lipinski definition) is 1. The van der Waals surface area contributed by atoms with Crippen LogP contribution < -0.4 is 15.2 Å². The maximum Gasteiger partial charge on any atom is 0.167 e. The van der Waals surface area contributed by atoms with Gasteiger partial charge in [-0.3, -0.25) is 0 Å². The molecule has 2 N–H and O–H groups in total. The molecule has 0 aliphatic heterocycles. The third-order valence-corrected chi connectivity index (χ3v) is 4.53. The van der Waals surface area contributed by atoms with Crippen molar-refractivity contribution in [2.45, 2.75) is 13.5 Å². The number of nitrogens with two attached hydrogens (primary N) is 1. The molecule has 6 nitrogen and oxygen atoms in total. The van der Waals surface area contributed by atoms with Crippen LogP contribution in [-0.2, 0) is 6.54 Å². The first-order valence-electron chi connectivity index (χ1n) is 8.83. The molecule has 2 aromatic heterocycles. The van der Waals surface area contributed by atoms with Crippen molar-refractivity contribution in [3.8, 4) is 17.2 Å². The van der Waals surface area contributed by atoms with Crippen LogP contribution >= 0.6 is 0 Å². The first-order chi connectivity index (χ1) is 14.0. The summed E-state index contributed by atoms with van der Waals surface area (Å²) in [7, 11) is 1.61. The lowest BCUT2D eigenvalue weighted by Crippen LogP contribution is -2.03. The molecule has 0 aliphatic rings. The molecule has 8 heteroatoms. The van der Waals surface area contributed by atoms with Gasteiger partial charge in [-0.05, 0) is 30.7 Å². The van der Waals surface area contributed by atoms with Gasteiger partial charge < -0.3 is 15.2 Å². The quantitative estimate of drug-likeness (QED) is 0.505. The van der Waals surface area contributed by atoms with Gasteiger partial charge in [0.2, 0.25) is 0 Å². The van der Waals surface area contributed by atoms with Gasteiger partial charge in [0.1, 0.15) is 17.3 Å². The molecule has 29 heavy (non-hydrogen) atoms. The molecule has 2 aromatic carbocycles. The molecular formula is C21H18F2N4O2. The summed E-state index contributed by atoms with van der Waals surface area (Å²) in [6.45, 7) is 2.29. The summed E-state index contributed by atoms with van der Waals surface area (Å²) in [6, 6.07) is 11.0.